The van der Waals surface area contributed by atoms with Gasteiger partial charge in [-0.1, -0.05) is 25.1 Å². The van der Waals surface area contributed by atoms with Gasteiger partial charge in [-0.2, -0.15) is 0 Å². The summed E-state index contributed by atoms with van der Waals surface area (Å²) < 4.78 is 0. The summed E-state index contributed by atoms with van der Waals surface area (Å²) in [6.07, 6.45) is 1.25. The summed E-state index contributed by atoms with van der Waals surface area (Å²) in [5, 5.41) is 3.53. The van der Waals surface area contributed by atoms with Crippen LogP contribution in [0.15, 0.2) is 24.3 Å². The topological polar surface area (TPSA) is 18.5 Å². The SMILES string of the molecule is CCN(CCC1CNc2ccccc21)C(C)CN(C)C. The van der Waals surface area contributed by atoms with Gasteiger partial charge < -0.3 is 10.2 Å². The Morgan fingerprint density at radius 1 is 1.30 bits per heavy atom. The molecule has 1 aromatic carbocycles. The molecule has 1 aliphatic heterocycles. The summed E-state index contributed by atoms with van der Waals surface area (Å²) in [4.78, 5) is 4.88. The largest absolute Gasteiger partial charge is 0.384 e. The predicted molar refractivity (Wildman–Crippen MR) is 87.6 cm³/mol. The molecule has 2 atom stereocenters. The highest BCUT2D eigenvalue weighted by molar-refractivity contribution is 5.57. The number of benzene rings is 1. The quantitative estimate of drug-likeness (QED) is 0.825. The first-order valence-corrected chi connectivity index (χ1v) is 7.83. The number of likely N-dealkylation sites (N-methyl/N-ethyl adjacent to an activating group) is 2. The van der Waals surface area contributed by atoms with E-state index in [4.69, 9.17) is 0 Å². The van der Waals surface area contributed by atoms with E-state index < -0.39 is 0 Å². The Morgan fingerprint density at radius 2 is 2.05 bits per heavy atom. The van der Waals surface area contributed by atoms with Crippen LogP contribution in [-0.2, 0) is 0 Å². The average Bonchev–Trinajstić information content (AvgIpc) is 2.82. The van der Waals surface area contributed by atoms with Crippen molar-refractivity contribution in [2.45, 2.75) is 32.2 Å². The highest BCUT2D eigenvalue weighted by atomic mass is 15.2. The number of anilines is 1. The highest BCUT2D eigenvalue weighted by Crippen LogP contribution is 2.33. The van der Waals surface area contributed by atoms with Crippen LogP contribution in [0.5, 0.6) is 0 Å². The van der Waals surface area contributed by atoms with Crippen LogP contribution in [0.1, 0.15) is 31.7 Å². The second kappa shape index (κ2) is 7.09. The van der Waals surface area contributed by atoms with E-state index in [1.54, 1.807) is 0 Å². The van der Waals surface area contributed by atoms with Crippen molar-refractivity contribution in [3.63, 3.8) is 0 Å². The number of hydrogen-bond acceptors (Lipinski definition) is 3. The van der Waals surface area contributed by atoms with Crippen molar-refractivity contribution >= 4 is 5.69 Å². The van der Waals surface area contributed by atoms with Crippen LogP contribution in [0, 0.1) is 0 Å². The van der Waals surface area contributed by atoms with Crippen molar-refractivity contribution in [3.05, 3.63) is 29.8 Å². The van der Waals surface area contributed by atoms with Gasteiger partial charge in [-0.25, -0.2) is 0 Å². The molecule has 3 heteroatoms. The van der Waals surface area contributed by atoms with Crippen LogP contribution in [0.25, 0.3) is 0 Å². The monoisotopic (exact) mass is 275 g/mol. The minimum absolute atomic E-state index is 0.625. The third-order valence-electron chi connectivity index (χ3n) is 4.36. The molecule has 1 aliphatic rings. The molecule has 2 unspecified atom stereocenters. The number of para-hydroxylation sites is 1. The zero-order valence-electron chi connectivity index (χ0n) is 13.4. The van der Waals surface area contributed by atoms with E-state index in [9.17, 15) is 0 Å². The van der Waals surface area contributed by atoms with Gasteiger partial charge in [-0.05, 0) is 52.2 Å². The molecule has 3 nitrogen and oxygen atoms in total. The first-order valence-electron chi connectivity index (χ1n) is 7.83. The zero-order chi connectivity index (χ0) is 14.5. The summed E-state index contributed by atoms with van der Waals surface area (Å²) in [7, 11) is 4.31. The molecule has 0 saturated carbocycles. The molecule has 20 heavy (non-hydrogen) atoms. The molecular weight excluding hydrogens is 246 g/mol. The summed E-state index contributed by atoms with van der Waals surface area (Å²) in [6.45, 7) is 9.16. The maximum atomic E-state index is 3.53. The maximum Gasteiger partial charge on any atom is 0.0376 e. The number of fused-ring (bicyclic) bond motifs is 1. The molecule has 2 rings (SSSR count). The van der Waals surface area contributed by atoms with Gasteiger partial charge in [0.05, 0.1) is 0 Å². The fraction of sp³-hybridized carbons (Fsp3) is 0.647. The van der Waals surface area contributed by atoms with Gasteiger partial charge in [0.15, 0.2) is 0 Å². The molecule has 0 bridgehead atoms. The van der Waals surface area contributed by atoms with Crippen LogP contribution in [0.2, 0.25) is 0 Å². The van der Waals surface area contributed by atoms with E-state index in [0.717, 1.165) is 19.6 Å². The van der Waals surface area contributed by atoms with Crippen LogP contribution < -0.4 is 5.32 Å². The maximum absolute atomic E-state index is 3.53. The van der Waals surface area contributed by atoms with Gasteiger partial charge in [0.2, 0.25) is 0 Å². The normalized spacial score (nSPS) is 19.2. The Hall–Kier alpha value is -1.06. The molecule has 112 valence electrons. The fourth-order valence-electron chi connectivity index (χ4n) is 3.27. The van der Waals surface area contributed by atoms with Crippen molar-refractivity contribution < 1.29 is 0 Å². The second-order valence-corrected chi connectivity index (χ2v) is 6.19. The Morgan fingerprint density at radius 3 is 2.75 bits per heavy atom. The lowest BCUT2D eigenvalue weighted by Crippen LogP contribution is -2.40. The summed E-state index contributed by atoms with van der Waals surface area (Å²) in [6, 6.07) is 9.37. The molecule has 1 N–H and O–H groups in total. The lowest BCUT2D eigenvalue weighted by atomic mass is 9.97. The average molecular weight is 275 g/mol. The fourth-order valence-corrected chi connectivity index (χ4v) is 3.27. The predicted octanol–water partition coefficient (Wildman–Crippen LogP) is 2.86. The van der Waals surface area contributed by atoms with E-state index in [1.165, 1.54) is 24.2 Å². The van der Waals surface area contributed by atoms with Crippen molar-refractivity contribution in [1.82, 2.24) is 9.80 Å². The molecule has 0 aliphatic carbocycles. The second-order valence-electron chi connectivity index (χ2n) is 6.19. The molecule has 0 amide bonds. The van der Waals surface area contributed by atoms with Crippen molar-refractivity contribution in [1.29, 1.82) is 0 Å². The van der Waals surface area contributed by atoms with E-state index >= 15 is 0 Å². The van der Waals surface area contributed by atoms with E-state index in [1.807, 2.05) is 0 Å². The van der Waals surface area contributed by atoms with Crippen molar-refractivity contribution in [3.8, 4) is 0 Å². The Bertz CT molecular complexity index is 416. The van der Waals surface area contributed by atoms with E-state index in [-0.39, 0.29) is 0 Å². The highest BCUT2D eigenvalue weighted by Gasteiger charge is 2.22. The molecule has 0 aromatic heterocycles. The third-order valence-corrected chi connectivity index (χ3v) is 4.36. The van der Waals surface area contributed by atoms with E-state index in [2.05, 4.69) is 67.3 Å². The van der Waals surface area contributed by atoms with Crippen LogP contribution >= 0.6 is 0 Å². The third kappa shape index (κ3) is 3.74. The lowest BCUT2D eigenvalue weighted by molar-refractivity contribution is 0.177. The molecule has 0 radical (unpaired) electrons. The van der Waals surface area contributed by atoms with Crippen LogP contribution in [0.4, 0.5) is 5.69 Å². The number of hydrogen-bond donors (Lipinski definition) is 1. The van der Waals surface area contributed by atoms with Crippen LogP contribution in [0.3, 0.4) is 0 Å². The van der Waals surface area contributed by atoms with Crippen molar-refractivity contribution in [2.24, 2.45) is 0 Å². The molecular formula is C17H29N3. The van der Waals surface area contributed by atoms with Gasteiger partial charge in [0, 0.05) is 30.7 Å². The molecule has 0 saturated heterocycles. The zero-order valence-corrected chi connectivity index (χ0v) is 13.4. The van der Waals surface area contributed by atoms with Gasteiger partial charge in [-0.15, -0.1) is 0 Å². The Kier molecular flexibility index (Phi) is 5.44. The lowest BCUT2D eigenvalue weighted by Gasteiger charge is -2.30. The smallest absolute Gasteiger partial charge is 0.0376 e. The van der Waals surface area contributed by atoms with Gasteiger partial charge in [0.1, 0.15) is 0 Å². The minimum atomic E-state index is 0.625. The van der Waals surface area contributed by atoms with Gasteiger partial charge in [-0.3, -0.25) is 4.90 Å². The Labute approximate surface area is 124 Å². The number of nitrogens with one attached hydrogen (secondary N) is 1. The number of nitrogens with zero attached hydrogens (tertiary/aromatic N) is 2. The first-order chi connectivity index (χ1) is 9.61. The van der Waals surface area contributed by atoms with E-state index in [0.29, 0.717) is 12.0 Å². The standard InChI is InChI=1S/C17H29N3/c1-5-20(14(2)13-19(3)4)11-10-15-12-18-17-9-7-6-8-16(15)17/h6-9,14-15,18H,5,10-13H2,1-4H3. The van der Waals surface area contributed by atoms with Gasteiger partial charge >= 0.3 is 0 Å². The summed E-state index contributed by atoms with van der Waals surface area (Å²) in [5.74, 6) is 0.673. The number of rotatable bonds is 7. The van der Waals surface area contributed by atoms with Crippen molar-refractivity contribution in [2.75, 3.05) is 45.6 Å². The molecule has 0 fully saturated rings. The molecule has 0 spiro atoms. The Balaban J connectivity index is 1.88. The molecule has 1 heterocycles. The summed E-state index contributed by atoms with van der Waals surface area (Å²) in [5.41, 5.74) is 2.84. The summed E-state index contributed by atoms with van der Waals surface area (Å²) >= 11 is 0. The van der Waals surface area contributed by atoms with Crippen LogP contribution in [-0.4, -0.2) is 56.1 Å². The van der Waals surface area contributed by atoms with Gasteiger partial charge in [0.25, 0.3) is 0 Å². The first kappa shape index (κ1) is 15.3. The molecule has 1 aromatic rings. The minimum Gasteiger partial charge on any atom is -0.384 e.